The van der Waals surface area contributed by atoms with E-state index in [1.165, 1.54) is 12.1 Å². The third-order valence-corrected chi connectivity index (χ3v) is 2.97. The predicted octanol–water partition coefficient (Wildman–Crippen LogP) is 1.14. The largest absolute Gasteiger partial charge is 0.488 e. The minimum absolute atomic E-state index is 0.251. The van der Waals surface area contributed by atoms with Crippen molar-refractivity contribution in [3.05, 3.63) is 59.9 Å². The third-order valence-electron chi connectivity index (χ3n) is 2.97. The van der Waals surface area contributed by atoms with Crippen LogP contribution in [0, 0.1) is 5.82 Å². The first kappa shape index (κ1) is 13.6. The monoisotopic (exact) mass is 259 g/mol. The van der Waals surface area contributed by atoms with Crippen molar-refractivity contribution < 1.29 is 14.4 Å². The molecule has 3 nitrogen and oxygen atoms in total. The summed E-state index contributed by atoms with van der Waals surface area (Å²) in [4.78, 5) is 1.99. The van der Waals surface area contributed by atoms with Crippen LogP contribution in [0.1, 0.15) is 5.56 Å². The number of anilines is 1. The van der Waals surface area contributed by atoms with Gasteiger partial charge in [0.25, 0.3) is 0 Å². The van der Waals surface area contributed by atoms with Gasteiger partial charge in [-0.25, -0.2) is 4.39 Å². The van der Waals surface area contributed by atoms with E-state index in [0.717, 1.165) is 11.3 Å². The van der Waals surface area contributed by atoms with Gasteiger partial charge in [0.05, 0.1) is 0 Å². The first-order valence-electron chi connectivity index (χ1n) is 5.98. The molecular formula is C14H15BFNO2. The number of halogens is 1. The minimum atomic E-state index is -1.44. The second-order valence-electron chi connectivity index (χ2n) is 4.45. The highest BCUT2D eigenvalue weighted by Crippen LogP contribution is 2.15. The van der Waals surface area contributed by atoms with Crippen molar-refractivity contribution in [1.29, 1.82) is 0 Å². The van der Waals surface area contributed by atoms with E-state index in [1.54, 1.807) is 24.3 Å². The van der Waals surface area contributed by atoms with Gasteiger partial charge >= 0.3 is 7.12 Å². The van der Waals surface area contributed by atoms with E-state index in [2.05, 4.69) is 0 Å². The molecule has 0 saturated heterocycles. The summed E-state index contributed by atoms with van der Waals surface area (Å²) >= 11 is 0. The lowest BCUT2D eigenvalue weighted by Gasteiger charge is -2.19. The second-order valence-corrected chi connectivity index (χ2v) is 4.45. The summed E-state index contributed by atoms with van der Waals surface area (Å²) in [5, 5.41) is 18.0. The zero-order chi connectivity index (χ0) is 13.8. The first-order valence-corrected chi connectivity index (χ1v) is 5.98. The van der Waals surface area contributed by atoms with Crippen LogP contribution in [0.2, 0.25) is 0 Å². The molecule has 0 atom stereocenters. The SMILES string of the molecule is CN(Cc1ccc(B(O)O)cc1)c1ccc(F)cc1. The molecule has 19 heavy (non-hydrogen) atoms. The van der Waals surface area contributed by atoms with Crippen molar-refractivity contribution >= 4 is 18.3 Å². The molecule has 2 rings (SSSR count). The third kappa shape index (κ3) is 3.56. The molecule has 0 aromatic heterocycles. The second kappa shape index (κ2) is 5.86. The smallest absolute Gasteiger partial charge is 0.423 e. The zero-order valence-corrected chi connectivity index (χ0v) is 10.6. The molecule has 0 heterocycles. The predicted molar refractivity (Wildman–Crippen MR) is 74.8 cm³/mol. The quantitative estimate of drug-likeness (QED) is 0.809. The topological polar surface area (TPSA) is 43.7 Å². The van der Waals surface area contributed by atoms with Crippen molar-refractivity contribution in [3.8, 4) is 0 Å². The van der Waals surface area contributed by atoms with Crippen LogP contribution in [0.3, 0.4) is 0 Å². The van der Waals surface area contributed by atoms with Crippen LogP contribution in [0.4, 0.5) is 10.1 Å². The van der Waals surface area contributed by atoms with E-state index < -0.39 is 7.12 Å². The number of benzene rings is 2. The molecule has 0 aliphatic rings. The highest BCUT2D eigenvalue weighted by Gasteiger charge is 2.10. The van der Waals surface area contributed by atoms with Gasteiger partial charge in [-0.2, -0.15) is 0 Å². The Bertz CT molecular complexity index is 528. The summed E-state index contributed by atoms with van der Waals surface area (Å²) < 4.78 is 12.8. The van der Waals surface area contributed by atoms with Gasteiger partial charge in [-0.3, -0.25) is 0 Å². The lowest BCUT2D eigenvalue weighted by atomic mass is 9.80. The lowest BCUT2D eigenvalue weighted by Crippen LogP contribution is -2.29. The van der Waals surface area contributed by atoms with Gasteiger partial charge in [-0.05, 0) is 35.3 Å². The molecule has 0 amide bonds. The molecule has 0 aliphatic carbocycles. The Balaban J connectivity index is 2.06. The Kier molecular flexibility index (Phi) is 4.19. The van der Waals surface area contributed by atoms with Crippen LogP contribution < -0.4 is 10.4 Å². The Morgan fingerprint density at radius 2 is 1.58 bits per heavy atom. The fraction of sp³-hybridized carbons (Fsp3) is 0.143. The number of hydrogen-bond acceptors (Lipinski definition) is 3. The van der Waals surface area contributed by atoms with Gasteiger partial charge in [0.1, 0.15) is 5.82 Å². The molecule has 5 heteroatoms. The molecular weight excluding hydrogens is 244 g/mol. The minimum Gasteiger partial charge on any atom is -0.423 e. The molecule has 0 fully saturated rings. The zero-order valence-electron chi connectivity index (χ0n) is 10.6. The summed E-state index contributed by atoms with van der Waals surface area (Å²) in [6.07, 6.45) is 0. The van der Waals surface area contributed by atoms with Gasteiger partial charge in [-0.1, -0.05) is 24.3 Å². The highest BCUT2D eigenvalue weighted by atomic mass is 19.1. The van der Waals surface area contributed by atoms with Crippen molar-refractivity contribution in [2.45, 2.75) is 6.54 Å². The van der Waals surface area contributed by atoms with Crippen LogP contribution >= 0.6 is 0 Å². The molecule has 0 spiro atoms. The van der Waals surface area contributed by atoms with Gasteiger partial charge in [0.2, 0.25) is 0 Å². The average Bonchev–Trinajstić information content (AvgIpc) is 2.40. The van der Waals surface area contributed by atoms with Gasteiger partial charge in [0, 0.05) is 19.3 Å². The maximum Gasteiger partial charge on any atom is 0.488 e. The van der Waals surface area contributed by atoms with Crippen LogP contribution in [-0.4, -0.2) is 24.2 Å². The average molecular weight is 259 g/mol. The maximum absolute atomic E-state index is 12.8. The van der Waals surface area contributed by atoms with Crippen molar-refractivity contribution in [2.24, 2.45) is 0 Å². The summed E-state index contributed by atoms with van der Waals surface area (Å²) in [5.41, 5.74) is 2.43. The van der Waals surface area contributed by atoms with E-state index in [4.69, 9.17) is 10.0 Å². The normalized spacial score (nSPS) is 10.3. The molecule has 0 aliphatic heterocycles. The molecule has 2 aromatic carbocycles. The van der Waals surface area contributed by atoms with Crippen LogP contribution in [0.15, 0.2) is 48.5 Å². The molecule has 0 radical (unpaired) electrons. The van der Waals surface area contributed by atoms with Crippen LogP contribution in [0.25, 0.3) is 0 Å². The number of nitrogens with zero attached hydrogens (tertiary/aromatic N) is 1. The van der Waals surface area contributed by atoms with E-state index in [9.17, 15) is 4.39 Å². The molecule has 0 bridgehead atoms. The Morgan fingerprint density at radius 3 is 2.11 bits per heavy atom. The van der Waals surface area contributed by atoms with E-state index in [-0.39, 0.29) is 5.82 Å². The summed E-state index contributed by atoms with van der Waals surface area (Å²) in [6, 6.07) is 13.3. The number of rotatable bonds is 4. The Labute approximate surface area is 112 Å². The number of hydrogen-bond donors (Lipinski definition) is 2. The van der Waals surface area contributed by atoms with E-state index in [1.807, 2.05) is 24.1 Å². The van der Waals surface area contributed by atoms with Crippen LogP contribution in [-0.2, 0) is 6.54 Å². The van der Waals surface area contributed by atoms with Gasteiger partial charge < -0.3 is 14.9 Å². The lowest BCUT2D eigenvalue weighted by molar-refractivity contribution is 0.426. The summed E-state index contributed by atoms with van der Waals surface area (Å²) in [6.45, 7) is 0.660. The summed E-state index contributed by atoms with van der Waals surface area (Å²) in [7, 11) is 0.478. The van der Waals surface area contributed by atoms with Crippen molar-refractivity contribution in [1.82, 2.24) is 0 Å². The Hall–Kier alpha value is -1.85. The summed E-state index contributed by atoms with van der Waals surface area (Å²) in [5.74, 6) is -0.251. The van der Waals surface area contributed by atoms with Crippen LogP contribution in [0.5, 0.6) is 0 Å². The highest BCUT2D eigenvalue weighted by molar-refractivity contribution is 6.58. The molecule has 0 saturated carbocycles. The first-order chi connectivity index (χ1) is 9.06. The fourth-order valence-electron chi connectivity index (χ4n) is 1.86. The van der Waals surface area contributed by atoms with Crippen molar-refractivity contribution in [3.63, 3.8) is 0 Å². The maximum atomic E-state index is 12.8. The fourth-order valence-corrected chi connectivity index (χ4v) is 1.86. The van der Waals surface area contributed by atoms with E-state index >= 15 is 0 Å². The Morgan fingerprint density at radius 1 is 1.00 bits per heavy atom. The molecule has 0 unspecified atom stereocenters. The van der Waals surface area contributed by atoms with E-state index in [0.29, 0.717) is 12.0 Å². The molecule has 2 aromatic rings. The molecule has 2 N–H and O–H groups in total. The van der Waals surface area contributed by atoms with Crippen molar-refractivity contribution in [2.75, 3.05) is 11.9 Å². The van der Waals surface area contributed by atoms with Gasteiger partial charge in [-0.15, -0.1) is 0 Å². The van der Waals surface area contributed by atoms with Gasteiger partial charge in [0.15, 0.2) is 0 Å². The molecule has 98 valence electrons. The standard InChI is InChI=1S/C14H15BFNO2/c1-17(14-8-6-13(16)7-9-14)10-11-2-4-12(5-3-11)15(18)19/h2-9,18-19H,10H2,1H3.